The van der Waals surface area contributed by atoms with E-state index in [0.29, 0.717) is 17.7 Å². The lowest BCUT2D eigenvalue weighted by Gasteiger charge is -2.02. The summed E-state index contributed by atoms with van der Waals surface area (Å²) in [7, 11) is 0. The van der Waals surface area contributed by atoms with Crippen LogP contribution in [0.15, 0.2) is 29.4 Å². The third-order valence-electron chi connectivity index (χ3n) is 1.93. The van der Waals surface area contributed by atoms with Crippen LogP contribution in [-0.2, 0) is 4.74 Å². The minimum absolute atomic E-state index is 0.300. The number of carbonyl (C=O) groups is 2. The lowest BCUT2D eigenvalue weighted by atomic mass is 10.1. The second-order valence-electron chi connectivity index (χ2n) is 3.01. The molecule has 1 aromatic carbocycles. The number of carbonyl (C=O) groups excluding carboxylic acids is 2. The van der Waals surface area contributed by atoms with Crippen LogP contribution in [0.25, 0.3) is 0 Å². The van der Waals surface area contributed by atoms with Crippen molar-refractivity contribution >= 4 is 11.8 Å². The Hall–Kier alpha value is -2.04. The van der Waals surface area contributed by atoms with Crippen molar-refractivity contribution in [2.24, 2.45) is 5.18 Å². The lowest BCUT2D eigenvalue weighted by molar-refractivity contribution is 0.0526. The molecule has 0 spiro atoms. The first-order chi connectivity index (χ1) is 7.69. The Morgan fingerprint density at radius 3 is 2.25 bits per heavy atom. The van der Waals surface area contributed by atoms with Gasteiger partial charge in [-0.1, -0.05) is 17.3 Å². The maximum atomic E-state index is 11.3. The highest BCUT2D eigenvalue weighted by atomic mass is 16.5. The predicted octanol–water partition coefficient (Wildman–Crippen LogP) is 1.81. The standard InChI is InChI=1S/C11H11NO4/c1-2-16-11(14)9-5-3-8(4-6-9)10(13)7-12-15/h3-6H,2,7H2,1H3. The van der Waals surface area contributed by atoms with E-state index in [1.165, 1.54) is 24.3 Å². The van der Waals surface area contributed by atoms with Gasteiger partial charge in [-0.05, 0) is 19.1 Å². The summed E-state index contributed by atoms with van der Waals surface area (Å²) < 4.78 is 4.78. The average molecular weight is 221 g/mol. The number of hydrogen-bond acceptors (Lipinski definition) is 5. The van der Waals surface area contributed by atoms with Crippen molar-refractivity contribution in [3.63, 3.8) is 0 Å². The zero-order chi connectivity index (χ0) is 12.0. The molecule has 1 rings (SSSR count). The van der Waals surface area contributed by atoms with E-state index in [-0.39, 0.29) is 5.78 Å². The van der Waals surface area contributed by atoms with Crippen molar-refractivity contribution in [3.05, 3.63) is 40.3 Å². The molecular formula is C11H11NO4. The highest BCUT2D eigenvalue weighted by Gasteiger charge is 2.09. The van der Waals surface area contributed by atoms with Gasteiger partial charge in [-0.2, -0.15) is 4.91 Å². The highest BCUT2D eigenvalue weighted by molar-refractivity contribution is 5.98. The molecule has 0 N–H and O–H groups in total. The predicted molar refractivity (Wildman–Crippen MR) is 57.4 cm³/mol. The SMILES string of the molecule is CCOC(=O)c1ccc(C(=O)CN=O)cc1. The third-order valence-corrected chi connectivity index (χ3v) is 1.93. The lowest BCUT2D eigenvalue weighted by Crippen LogP contribution is -2.06. The zero-order valence-electron chi connectivity index (χ0n) is 8.80. The first kappa shape index (κ1) is 12.0. The fourth-order valence-corrected chi connectivity index (χ4v) is 1.16. The molecule has 84 valence electrons. The molecule has 5 heteroatoms. The molecule has 0 amide bonds. The molecule has 0 unspecified atom stereocenters. The van der Waals surface area contributed by atoms with E-state index in [1.54, 1.807) is 6.92 Å². The van der Waals surface area contributed by atoms with Crippen LogP contribution in [0.5, 0.6) is 0 Å². The first-order valence-corrected chi connectivity index (χ1v) is 4.78. The number of esters is 1. The van der Waals surface area contributed by atoms with E-state index in [9.17, 15) is 14.5 Å². The Kier molecular flexibility index (Phi) is 4.32. The van der Waals surface area contributed by atoms with E-state index in [0.717, 1.165) is 0 Å². The van der Waals surface area contributed by atoms with E-state index >= 15 is 0 Å². The number of Topliss-reactive ketones (excluding diaryl/α,β-unsaturated/α-hetero) is 1. The minimum Gasteiger partial charge on any atom is -0.462 e. The van der Waals surface area contributed by atoms with E-state index in [1.807, 2.05) is 0 Å². The van der Waals surface area contributed by atoms with E-state index in [4.69, 9.17) is 4.74 Å². The Bertz CT molecular complexity index is 397. The van der Waals surface area contributed by atoms with Gasteiger partial charge in [0.2, 0.25) is 0 Å². The van der Waals surface area contributed by atoms with Gasteiger partial charge in [-0.3, -0.25) is 4.79 Å². The van der Waals surface area contributed by atoms with Gasteiger partial charge < -0.3 is 4.74 Å². The third kappa shape index (κ3) is 2.98. The van der Waals surface area contributed by atoms with Crippen LogP contribution in [-0.4, -0.2) is 24.9 Å². The van der Waals surface area contributed by atoms with Crippen molar-refractivity contribution in [2.75, 3.05) is 13.2 Å². The normalized spacial score (nSPS) is 9.56. The Labute approximate surface area is 92.4 Å². The van der Waals surface area contributed by atoms with Gasteiger partial charge in [0.25, 0.3) is 0 Å². The van der Waals surface area contributed by atoms with Crippen molar-refractivity contribution in [1.82, 2.24) is 0 Å². The molecule has 0 radical (unpaired) electrons. The van der Waals surface area contributed by atoms with Crippen molar-refractivity contribution < 1.29 is 14.3 Å². The van der Waals surface area contributed by atoms with Gasteiger partial charge in [-0.15, -0.1) is 0 Å². The monoisotopic (exact) mass is 221 g/mol. The van der Waals surface area contributed by atoms with Crippen LogP contribution in [0, 0.1) is 4.91 Å². The summed E-state index contributed by atoms with van der Waals surface area (Å²) in [5.74, 6) is -0.805. The number of nitroso groups, excluding NO2 is 1. The topological polar surface area (TPSA) is 72.8 Å². The number of hydrogen-bond donors (Lipinski definition) is 0. The molecule has 0 heterocycles. The fraction of sp³-hybridized carbons (Fsp3) is 0.273. The molecule has 0 saturated carbocycles. The maximum absolute atomic E-state index is 11.3. The van der Waals surface area contributed by atoms with Crippen LogP contribution in [0.3, 0.4) is 0 Å². The largest absolute Gasteiger partial charge is 0.462 e. The quantitative estimate of drug-likeness (QED) is 0.432. The number of benzene rings is 1. The van der Waals surface area contributed by atoms with E-state index < -0.39 is 12.5 Å². The average Bonchev–Trinajstić information content (AvgIpc) is 2.30. The first-order valence-electron chi connectivity index (χ1n) is 4.78. The number of nitrogens with zero attached hydrogens (tertiary/aromatic N) is 1. The molecule has 0 aliphatic heterocycles. The van der Waals surface area contributed by atoms with Crippen LogP contribution in [0.2, 0.25) is 0 Å². The Balaban J connectivity index is 2.78. The zero-order valence-corrected chi connectivity index (χ0v) is 8.80. The Morgan fingerprint density at radius 2 is 1.75 bits per heavy atom. The second-order valence-corrected chi connectivity index (χ2v) is 3.01. The van der Waals surface area contributed by atoms with Crippen molar-refractivity contribution in [2.45, 2.75) is 6.92 Å². The number of ketones is 1. The molecule has 0 atom stereocenters. The minimum atomic E-state index is -0.435. The van der Waals surface area contributed by atoms with Crippen molar-refractivity contribution in [3.8, 4) is 0 Å². The number of rotatable bonds is 5. The van der Waals surface area contributed by atoms with Gasteiger partial charge >= 0.3 is 5.97 Å². The summed E-state index contributed by atoms with van der Waals surface area (Å²) >= 11 is 0. The summed E-state index contributed by atoms with van der Waals surface area (Å²) in [4.78, 5) is 32.4. The van der Waals surface area contributed by atoms with Gasteiger partial charge in [0.05, 0.1) is 12.2 Å². The van der Waals surface area contributed by atoms with Crippen molar-refractivity contribution in [1.29, 1.82) is 0 Å². The molecule has 0 aliphatic rings. The maximum Gasteiger partial charge on any atom is 0.338 e. The Morgan fingerprint density at radius 1 is 1.19 bits per heavy atom. The van der Waals surface area contributed by atoms with Gasteiger partial charge in [-0.25, -0.2) is 4.79 Å². The van der Waals surface area contributed by atoms with Crippen LogP contribution in [0.4, 0.5) is 0 Å². The molecule has 0 aromatic heterocycles. The summed E-state index contributed by atoms with van der Waals surface area (Å²) in [6, 6.07) is 5.91. The molecule has 0 fully saturated rings. The summed E-state index contributed by atoms with van der Waals surface area (Å²) in [5, 5.41) is 2.51. The van der Waals surface area contributed by atoms with Crippen LogP contribution < -0.4 is 0 Å². The summed E-state index contributed by atoms with van der Waals surface area (Å²) in [6.45, 7) is 1.62. The molecule has 5 nitrogen and oxygen atoms in total. The number of ether oxygens (including phenoxy) is 1. The molecular weight excluding hydrogens is 210 g/mol. The molecule has 16 heavy (non-hydrogen) atoms. The molecule has 0 bridgehead atoms. The summed E-state index contributed by atoms with van der Waals surface area (Å²) in [5.41, 5.74) is 0.727. The molecule has 1 aromatic rings. The molecule has 0 saturated heterocycles. The highest BCUT2D eigenvalue weighted by Crippen LogP contribution is 2.07. The van der Waals surface area contributed by atoms with Gasteiger partial charge in [0.15, 0.2) is 5.78 Å². The van der Waals surface area contributed by atoms with Gasteiger partial charge in [0.1, 0.15) is 6.54 Å². The summed E-state index contributed by atoms with van der Waals surface area (Å²) in [6.07, 6.45) is 0. The van der Waals surface area contributed by atoms with Crippen LogP contribution >= 0.6 is 0 Å². The second kappa shape index (κ2) is 5.75. The van der Waals surface area contributed by atoms with E-state index in [2.05, 4.69) is 5.18 Å². The molecule has 0 aliphatic carbocycles. The fourth-order valence-electron chi connectivity index (χ4n) is 1.16. The van der Waals surface area contributed by atoms with Crippen LogP contribution in [0.1, 0.15) is 27.6 Å². The van der Waals surface area contributed by atoms with Gasteiger partial charge in [0, 0.05) is 5.56 Å². The smallest absolute Gasteiger partial charge is 0.338 e.